The number of alkyl halides is 3. The molecule has 1 aromatic heterocycles. The van der Waals surface area contributed by atoms with Crippen molar-refractivity contribution in [1.29, 1.82) is 0 Å². The Morgan fingerprint density at radius 2 is 1.67 bits per heavy atom. The highest BCUT2D eigenvalue weighted by atomic mass is 19.4. The molecule has 18 heteroatoms. The number of hydrogen-bond donors (Lipinski definition) is 4. The molecule has 5 heterocycles. The Hall–Kier alpha value is -6.56. The zero-order chi connectivity index (χ0) is 44.7. The first-order chi connectivity index (χ1) is 30.1. The third kappa shape index (κ3) is 8.89. The molecule has 0 saturated carbocycles. The smallest absolute Gasteiger partial charge is 0.421 e. The highest BCUT2D eigenvalue weighted by molar-refractivity contribution is 6.23. The molecule has 330 valence electrons. The number of hydrogen-bond acceptors (Lipinski definition) is 12. The predicted octanol–water partition coefficient (Wildman–Crippen LogP) is 6.15. The number of aryl methyl sites for hydroxylation is 1. The van der Waals surface area contributed by atoms with Crippen molar-refractivity contribution in [2.24, 2.45) is 5.92 Å². The fourth-order valence-electron chi connectivity index (χ4n) is 8.85. The Balaban J connectivity index is 0.899. The number of amides is 5. The maximum atomic E-state index is 14.2. The molecule has 4 aliphatic heterocycles. The van der Waals surface area contributed by atoms with E-state index in [9.17, 15) is 37.1 Å². The zero-order valence-corrected chi connectivity index (χ0v) is 35.3. The molecule has 1 unspecified atom stereocenters. The van der Waals surface area contributed by atoms with Crippen molar-refractivity contribution in [3.63, 3.8) is 0 Å². The van der Waals surface area contributed by atoms with Crippen LogP contribution in [-0.4, -0.2) is 101 Å². The number of ether oxygens (including phenoxy) is 1. The van der Waals surface area contributed by atoms with Gasteiger partial charge in [-0.3, -0.25) is 34.2 Å². The lowest BCUT2D eigenvalue weighted by molar-refractivity contribution is -0.138. The minimum absolute atomic E-state index is 0.0647. The van der Waals surface area contributed by atoms with Gasteiger partial charge in [-0.1, -0.05) is 12.1 Å². The number of imide groups is 2. The second-order valence-corrected chi connectivity index (χ2v) is 16.7. The van der Waals surface area contributed by atoms with Crippen molar-refractivity contribution in [2.75, 3.05) is 55.3 Å². The molecule has 8 rings (SSSR count). The maximum absolute atomic E-state index is 14.2. The average molecular weight is 868 g/mol. The summed E-state index contributed by atoms with van der Waals surface area (Å²) < 4.78 is 48.7. The fraction of sp³-hybridized carbons (Fsp3) is 0.400. The van der Waals surface area contributed by atoms with Crippen LogP contribution in [0.25, 0.3) is 0 Å². The monoisotopic (exact) mass is 867 g/mol. The molecule has 63 heavy (non-hydrogen) atoms. The Morgan fingerprint density at radius 3 is 2.37 bits per heavy atom. The Kier molecular flexibility index (Phi) is 11.8. The first-order valence-corrected chi connectivity index (χ1v) is 21.0. The van der Waals surface area contributed by atoms with Crippen LogP contribution in [0, 0.1) is 12.8 Å². The summed E-state index contributed by atoms with van der Waals surface area (Å²) in [6.07, 6.45) is -2.26. The standard InChI is InChI=1S/C45H48F3N9O6/c1-24(2)63-37-19-31(25(3)17-35(37)52-44-50-20-33(45(46,47)48)39(54-44)51-34-8-6-5-7-30(34)40(59)49-4)27-13-15-55(16-14-27)21-26-22-56(23-26)28-9-10-29-32(18-28)43(62)57(42(29)61)36-11-12-38(58)53-41(36)60/h5-10,17-20,24,26-27,36H,11-16,21-23H2,1-4H3,(H,49,59)(H,53,58,60)(H2,50,51,52,54). The van der Waals surface area contributed by atoms with Gasteiger partial charge < -0.3 is 30.5 Å². The van der Waals surface area contributed by atoms with E-state index in [-0.39, 0.29) is 53.2 Å². The van der Waals surface area contributed by atoms with Gasteiger partial charge in [-0.25, -0.2) is 4.98 Å². The summed E-state index contributed by atoms with van der Waals surface area (Å²) in [6, 6.07) is 14.3. The number of likely N-dealkylation sites (tertiary alicyclic amines) is 1. The molecular formula is C45H48F3N9O6. The van der Waals surface area contributed by atoms with Crippen molar-refractivity contribution in [2.45, 2.75) is 70.7 Å². The summed E-state index contributed by atoms with van der Waals surface area (Å²) in [5.74, 6) is -1.99. The summed E-state index contributed by atoms with van der Waals surface area (Å²) in [6.45, 7) is 10.1. The molecule has 0 spiro atoms. The summed E-state index contributed by atoms with van der Waals surface area (Å²) in [4.78, 5) is 76.9. The average Bonchev–Trinajstić information content (AvgIpc) is 3.47. The Bertz CT molecular complexity index is 2480. The van der Waals surface area contributed by atoms with E-state index >= 15 is 0 Å². The van der Waals surface area contributed by atoms with Crippen LogP contribution in [-0.2, 0) is 15.8 Å². The lowest BCUT2D eigenvalue weighted by Crippen LogP contribution is -2.54. The van der Waals surface area contributed by atoms with Crippen LogP contribution in [0.3, 0.4) is 0 Å². The van der Waals surface area contributed by atoms with Crippen molar-refractivity contribution < 1.29 is 41.9 Å². The molecule has 15 nitrogen and oxygen atoms in total. The van der Waals surface area contributed by atoms with Crippen LogP contribution in [0.2, 0.25) is 0 Å². The number of para-hydroxylation sites is 1. The van der Waals surface area contributed by atoms with Gasteiger partial charge >= 0.3 is 6.18 Å². The van der Waals surface area contributed by atoms with Crippen LogP contribution < -0.4 is 30.9 Å². The summed E-state index contributed by atoms with van der Waals surface area (Å²) in [7, 11) is 1.43. The number of fused-ring (bicyclic) bond motifs is 1. The van der Waals surface area contributed by atoms with E-state index in [4.69, 9.17) is 4.74 Å². The molecule has 0 aliphatic carbocycles. The lowest BCUT2D eigenvalue weighted by atomic mass is 9.85. The number of anilines is 5. The van der Waals surface area contributed by atoms with Crippen LogP contribution in [0.15, 0.2) is 60.8 Å². The quantitative estimate of drug-likeness (QED) is 0.120. The number of carbonyl (C=O) groups is 5. The Labute approximate surface area is 361 Å². The van der Waals surface area contributed by atoms with E-state index in [1.54, 1.807) is 24.3 Å². The van der Waals surface area contributed by atoms with Crippen molar-refractivity contribution in [3.05, 3.63) is 94.2 Å². The summed E-state index contributed by atoms with van der Waals surface area (Å²) in [5.41, 5.74) is 3.19. The molecule has 4 aliphatic rings. The molecular weight excluding hydrogens is 820 g/mol. The number of nitrogens with one attached hydrogen (secondary N) is 4. The molecule has 1 atom stereocenters. The zero-order valence-electron chi connectivity index (χ0n) is 35.3. The summed E-state index contributed by atoms with van der Waals surface area (Å²) in [5, 5.41) is 10.5. The normalized spacial score (nSPS) is 18.6. The number of aromatic nitrogens is 2. The van der Waals surface area contributed by atoms with Crippen LogP contribution in [0.1, 0.15) is 93.2 Å². The van der Waals surface area contributed by atoms with Gasteiger partial charge in [-0.15, -0.1) is 0 Å². The number of halogens is 3. The highest BCUT2D eigenvalue weighted by Gasteiger charge is 2.45. The topological polar surface area (TPSA) is 178 Å². The number of carbonyl (C=O) groups excluding carboxylic acids is 5. The lowest BCUT2D eigenvalue weighted by Gasteiger charge is -2.44. The molecule has 3 saturated heterocycles. The van der Waals surface area contributed by atoms with Crippen molar-refractivity contribution in [1.82, 2.24) is 30.4 Å². The Morgan fingerprint density at radius 1 is 0.937 bits per heavy atom. The minimum atomic E-state index is -4.78. The van der Waals surface area contributed by atoms with E-state index in [0.29, 0.717) is 23.6 Å². The van der Waals surface area contributed by atoms with Gasteiger partial charge in [0.25, 0.3) is 17.7 Å². The minimum Gasteiger partial charge on any atom is -0.489 e. The van der Waals surface area contributed by atoms with Gasteiger partial charge in [0.1, 0.15) is 23.2 Å². The van der Waals surface area contributed by atoms with E-state index < -0.39 is 53.1 Å². The van der Waals surface area contributed by atoms with E-state index in [1.165, 1.54) is 19.2 Å². The van der Waals surface area contributed by atoms with Gasteiger partial charge in [0.2, 0.25) is 17.8 Å². The van der Waals surface area contributed by atoms with Crippen LogP contribution in [0.5, 0.6) is 5.75 Å². The summed E-state index contributed by atoms with van der Waals surface area (Å²) >= 11 is 0. The van der Waals surface area contributed by atoms with E-state index in [0.717, 1.165) is 67.3 Å². The van der Waals surface area contributed by atoms with Gasteiger partial charge in [-0.2, -0.15) is 18.2 Å². The van der Waals surface area contributed by atoms with Crippen molar-refractivity contribution in [3.8, 4) is 5.75 Å². The van der Waals surface area contributed by atoms with Gasteiger partial charge in [0.05, 0.1) is 34.2 Å². The molecule has 0 bridgehead atoms. The molecule has 3 aromatic carbocycles. The molecule has 3 fully saturated rings. The van der Waals surface area contributed by atoms with Crippen LogP contribution >= 0.6 is 0 Å². The predicted molar refractivity (Wildman–Crippen MR) is 228 cm³/mol. The number of rotatable bonds is 12. The van der Waals surface area contributed by atoms with Crippen molar-refractivity contribution >= 4 is 58.4 Å². The number of piperidine rings is 2. The second kappa shape index (κ2) is 17.3. The van der Waals surface area contributed by atoms with Gasteiger partial charge in [0, 0.05) is 50.9 Å². The fourth-order valence-corrected chi connectivity index (χ4v) is 8.85. The number of nitrogens with zero attached hydrogens (tertiary/aromatic N) is 5. The largest absolute Gasteiger partial charge is 0.489 e. The third-order valence-corrected chi connectivity index (χ3v) is 12.0. The first-order valence-electron chi connectivity index (χ1n) is 21.0. The molecule has 0 radical (unpaired) electrons. The SMILES string of the molecule is CNC(=O)c1ccccc1Nc1nc(Nc2cc(C)c(C3CCN(CC4CN(c5ccc6c(c5)C(=O)N(C5CCC(=O)NC5=O)C6=O)C4)CC3)cc2OC(C)C)ncc1C(F)(F)F. The highest BCUT2D eigenvalue weighted by Crippen LogP contribution is 2.40. The third-order valence-electron chi connectivity index (χ3n) is 12.0. The van der Waals surface area contributed by atoms with E-state index in [2.05, 4.69) is 41.0 Å². The van der Waals surface area contributed by atoms with Crippen LogP contribution in [0.4, 0.5) is 42.0 Å². The molecule has 4 N–H and O–H groups in total. The molecule has 4 aromatic rings. The number of benzene rings is 3. The molecule has 5 amide bonds. The van der Waals surface area contributed by atoms with Gasteiger partial charge in [0.15, 0.2) is 0 Å². The van der Waals surface area contributed by atoms with E-state index in [1.807, 2.05) is 39.0 Å². The first kappa shape index (κ1) is 43.1. The maximum Gasteiger partial charge on any atom is 0.421 e. The van der Waals surface area contributed by atoms with Gasteiger partial charge in [-0.05, 0) is 113 Å². The second-order valence-electron chi connectivity index (χ2n) is 16.7.